The number of nitrogen functional groups attached to an aromatic ring is 1. The molecule has 0 bridgehead atoms. The summed E-state index contributed by atoms with van der Waals surface area (Å²) in [6.45, 7) is 3.67. The smallest absolute Gasteiger partial charge is 0.254 e. The standard InChI is InChI=1S/C24H20N6O2/c1-12-5-8-18(31)13(2)21(12)30-22(25)19(23(26)32)20-24(30)29-17-10-14(6-7-16(17)28-20)15-4-3-9-27-11-15/h3-11,31H,25H2,1-2H3,(H2,26,32). The summed E-state index contributed by atoms with van der Waals surface area (Å²) in [5, 5.41) is 10.3. The number of rotatable bonds is 3. The summed E-state index contributed by atoms with van der Waals surface area (Å²) in [5.41, 5.74) is 18.1. The number of benzene rings is 2. The molecule has 158 valence electrons. The van der Waals surface area contributed by atoms with Gasteiger partial charge in [0, 0.05) is 23.5 Å². The average Bonchev–Trinajstić information content (AvgIpc) is 3.06. The molecule has 0 aliphatic rings. The van der Waals surface area contributed by atoms with Gasteiger partial charge >= 0.3 is 0 Å². The maximum atomic E-state index is 12.3. The van der Waals surface area contributed by atoms with Crippen molar-refractivity contribution in [2.75, 3.05) is 5.73 Å². The number of nitrogens with two attached hydrogens (primary N) is 2. The molecule has 3 heterocycles. The summed E-state index contributed by atoms with van der Waals surface area (Å²) in [7, 11) is 0. The third-order valence-corrected chi connectivity index (χ3v) is 5.66. The van der Waals surface area contributed by atoms with Crippen LogP contribution in [-0.2, 0) is 0 Å². The molecule has 0 atom stereocenters. The van der Waals surface area contributed by atoms with Gasteiger partial charge in [-0.1, -0.05) is 18.2 Å². The number of fused-ring (bicyclic) bond motifs is 2. The molecule has 0 radical (unpaired) electrons. The highest BCUT2D eigenvalue weighted by Gasteiger charge is 2.25. The Morgan fingerprint density at radius 2 is 1.84 bits per heavy atom. The van der Waals surface area contributed by atoms with Crippen LogP contribution < -0.4 is 11.5 Å². The third kappa shape index (κ3) is 2.84. The molecule has 0 saturated carbocycles. The van der Waals surface area contributed by atoms with Crippen LogP contribution in [0.1, 0.15) is 21.5 Å². The SMILES string of the molecule is Cc1ccc(O)c(C)c1-n1c(N)c(C(N)=O)c2nc3ccc(-c4cccnc4)cc3nc21. The summed E-state index contributed by atoms with van der Waals surface area (Å²) >= 11 is 0. The van der Waals surface area contributed by atoms with E-state index >= 15 is 0 Å². The summed E-state index contributed by atoms with van der Waals surface area (Å²) in [6.07, 6.45) is 3.49. The minimum atomic E-state index is -0.692. The Labute approximate surface area is 183 Å². The van der Waals surface area contributed by atoms with Crippen LogP contribution in [0.5, 0.6) is 5.75 Å². The Morgan fingerprint density at radius 3 is 2.56 bits per heavy atom. The molecular weight excluding hydrogens is 404 g/mol. The number of hydrogen-bond donors (Lipinski definition) is 3. The Bertz CT molecular complexity index is 1540. The molecule has 5 aromatic rings. The van der Waals surface area contributed by atoms with Crippen LogP contribution >= 0.6 is 0 Å². The molecule has 3 aromatic heterocycles. The molecule has 8 nitrogen and oxygen atoms in total. The number of pyridine rings is 1. The molecule has 5 N–H and O–H groups in total. The van der Waals surface area contributed by atoms with Crippen LogP contribution in [0.4, 0.5) is 5.82 Å². The number of hydrogen-bond acceptors (Lipinski definition) is 6. The maximum absolute atomic E-state index is 12.3. The quantitative estimate of drug-likeness (QED) is 0.405. The minimum absolute atomic E-state index is 0.105. The number of aromatic nitrogens is 4. The predicted molar refractivity (Wildman–Crippen MR) is 124 cm³/mol. The van der Waals surface area contributed by atoms with E-state index in [2.05, 4.69) is 9.97 Å². The number of phenols is 1. The first-order valence-corrected chi connectivity index (χ1v) is 9.98. The number of primary amides is 1. The van der Waals surface area contributed by atoms with Crippen LogP contribution in [0, 0.1) is 13.8 Å². The fraction of sp³-hybridized carbons (Fsp3) is 0.0833. The van der Waals surface area contributed by atoms with Crippen molar-refractivity contribution in [2.24, 2.45) is 5.73 Å². The number of amides is 1. The van der Waals surface area contributed by atoms with Crippen molar-refractivity contribution in [3.63, 3.8) is 0 Å². The first kappa shape index (κ1) is 19.5. The molecule has 32 heavy (non-hydrogen) atoms. The highest BCUT2D eigenvalue weighted by Crippen LogP contribution is 2.36. The zero-order valence-electron chi connectivity index (χ0n) is 17.5. The topological polar surface area (TPSA) is 133 Å². The molecule has 0 aliphatic carbocycles. The average molecular weight is 424 g/mol. The number of carbonyl (C=O) groups excluding carboxylic acids is 1. The highest BCUT2D eigenvalue weighted by molar-refractivity contribution is 6.10. The molecule has 0 fully saturated rings. The zero-order valence-corrected chi connectivity index (χ0v) is 17.5. The van der Waals surface area contributed by atoms with E-state index < -0.39 is 5.91 Å². The second kappa shape index (κ2) is 7.05. The van der Waals surface area contributed by atoms with Gasteiger partial charge in [-0.15, -0.1) is 0 Å². The van der Waals surface area contributed by atoms with Crippen LogP contribution in [0.2, 0.25) is 0 Å². The summed E-state index contributed by atoms with van der Waals surface area (Å²) < 4.78 is 1.64. The van der Waals surface area contributed by atoms with E-state index in [-0.39, 0.29) is 17.1 Å². The van der Waals surface area contributed by atoms with Gasteiger partial charge in [-0.3, -0.25) is 14.3 Å². The van der Waals surface area contributed by atoms with Gasteiger partial charge in [0.15, 0.2) is 5.65 Å². The van der Waals surface area contributed by atoms with Crippen molar-refractivity contribution in [3.8, 4) is 22.6 Å². The molecule has 0 unspecified atom stereocenters. The van der Waals surface area contributed by atoms with Gasteiger partial charge in [-0.05, 0) is 49.2 Å². The fourth-order valence-corrected chi connectivity index (χ4v) is 4.07. The lowest BCUT2D eigenvalue weighted by Crippen LogP contribution is -2.14. The van der Waals surface area contributed by atoms with Crippen LogP contribution in [0.25, 0.3) is 39.0 Å². The van der Waals surface area contributed by atoms with Gasteiger partial charge in [0.1, 0.15) is 22.6 Å². The maximum Gasteiger partial charge on any atom is 0.254 e. The molecule has 5 rings (SSSR count). The number of aryl methyl sites for hydroxylation is 1. The normalized spacial score (nSPS) is 11.3. The Balaban J connectivity index is 1.88. The van der Waals surface area contributed by atoms with Crippen molar-refractivity contribution < 1.29 is 9.90 Å². The van der Waals surface area contributed by atoms with Crippen molar-refractivity contribution in [2.45, 2.75) is 13.8 Å². The number of phenolic OH excluding ortho intramolecular Hbond substituents is 1. The molecule has 2 aromatic carbocycles. The van der Waals surface area contributed by atoms with Crippen molar-refractivity contribution in [1.82, 2.24) is 19.5 Å². The lowest BCUT2D eigenvalue weighted by atomic mass is 10.1. The van der Waals surface area contributed by atoms with Crippen LogP contribution in [0.3, 0.4) is 0 Å². The van der Waals surface area contributed by atoms with Gasteiger partial charge in [0.2, 0.25) is 0 Å². The van der Waals surface area contributed by atoms with Gasteiger partial charge < -0.3 is 16.6 Å². The number of anilines is 1. The first-order valence-electron chi connectivity index (χ1n) is 9.98. The highest BCUT2D eigenvalue weighted by atomic mass is 16.3. The van der Waals surface area contributed by atoms with Crippen LogP contribution in [0.15, 0.2) is 54.9 Å². The van der Waals surface area contributed by atoms with E-state index in [1.165, 1.54) is 0 Å². The lowest BCUT2D eigenvalue weighted by molar-refractivity contribution is 0.100. The van der Waals surface area contributed by atoms with E-state index in [9.17, 15) is 9.90 Å². The van der Waals surface area contributed by atoms with Crippen LogP contribution in [-0.4, -0.2) is 30.5 Å². The summed E-state index contributed by atoms with van der Waals surface area (Å²) in [5.74, 6) is -0.450. The first-order chi connectivity index (χ1) is 15.4. The Hall–Kier alpha value is -4.46. The van der Waals surface area contributed by atoms with E-state index in [0.29, 0.717) is 33.4 Å². The van der Waals surface area contributed by atoms with Gasteiger partial charge in [0.05, 0.1) is 16.7 Å². The second-order valence-electron chi connectivity index (χ2n) is 7.68. The second-order valence-corrected chi connectivity index (χ2v) is 7.68. The summed E-state index contributed by atoms with van der Waals surface area (Å²) in [4.78, 5) is 26.0. The third-order valence-electron chi connectivity index (χ3n) is 5.66. The monoisotopic (exact) mass is 424 g/mol. The van der Waals surface area contributed by atoms with Crippen molar-refractivity contribution in [3.05, 3.63) is 71.5 Å². The van der Waals surface area contributed by atoms with Crippen molar-refractivity contribution in [1.29, 1.82) is 0 Å². The fourth-order valence-electron chi connectivity index (χ4n) is 4.07. The number of carbonyl (C=O) groups is 1. The Kier molecular flexibility index (Phi) is 4.30. The minimum Gasteiger partial charge on any atom is -0.508 e. The molecule has 0 aliphatic heterocycles. The van der Waals surface area contributed by atoms with Gasteiger partial charge in [-0.25, -0.2) is 9.97 Å². The van der Waals surface area contributed by atoms with Crippen molar-refractivity contribution >= 4 is 33.9 Å². The number of aromatic hydroxyl groups is 1. The van der Waals surface area contributed by atoms with Gasteiger partial charge in [0.25, 0.3) is 5.91 Å². The van der Waals surface area contributed by atoms with E-state index in [1.807, 2.05) is 37.3 Å². The molecule has 8 heteroatoms. The summed E-state index contributed by atoms with van der Waals surface area (Å²) in [6, 6.07) is 12.9. The number of nitrogens with zero attached hydrogens (tertiary/aromatic N) is 4. The zero-order chi connectivity index (χ0) is 22.6. The molecule has 1 amide bonds. The van der Waals surface area contributed by atoms with E-state index in [0.717, 1.165) is 16.7 Å². The largest absolute Gasteiger partial charge is 0.508 e. The van der Waals surface area contributed by atoms with E-state index in [1.54, 1.807) is 36.0 Å². The molecule has 0 saturated heterocycles. The molecular formula is C24H20N6O2. The predicted octanol–water partition coefficient (Wildman–Crippen LogP) is 3.64. The Morgan fingerprint density at radius 1 is 1.03 bits per heavy atom. The lowest BCUT2D eigenvalue weighted by Gasteiger charge is -2.15. The van der Waals surface area contributed by atoms with E-state index in [4.69, 9.17) is 16.5 Å². The molecule has 0 spiro atoms. The van der Waals surface area contributed by atoms with Gasteiger partial charge in [-0.2, -0.15) is 0 Å².